The van der Waals surface area contributed by atoms with Crippen molar-refractivity contribution in [2.24, 2.45) is 0 Å². The second kappa shape index (κ2) is 8.66. The maximum Gasteiger partial charge on any atom is 0.471 e. The molecular formula is C18H14BrF3N2O2. The summed E-state index contributed by atoms with van der Waals surface area (Å²) in [6, 6.07) is 13.5. The molecule has 2 N–H and O–H groups in total. The highest BCUT2D eigenvalue weighted by atomic mass is 79.9. The minimum atomic E-state index is -4.91. The third-order valence-electron chi connectivity index (χ3n) is 3.25. The number of amides is 2. The van der Waals surface area contributed by atoms with Crippen molar-refractivity contribution in [3.63, 3.8) is 0 Å². The molecule has 0 spiro atoms. The molecule has 0 aliphatic carbocycles. The zero-order chi connectivity index (χ0) is 19.2. The van der Waals surface area contributed by atoms with E-state index in [1.165, 1.54) is 18.2 Å². The van der Waals surface area contributed by atoms with Gasteiger partial charge in [-0.1, -0.05) is 46.3 Å². The Labute approximate surface area is 156 Å². The van der Waals surface area contributed by atoms with Crippen molar-refractivity contribution in [1.29, 1.82) is 0 Å². The van der Waals surface area contributed by atoms with Gasteiger partial charge in [0.2, 0.25) is 5.91 Å². The number of hydrogen-bond donors (Lipinski definition) is 2. The molecule has 0 bridgehead atoms. The molecule has 0 aliphatic rings. The predicted molar refractivity (Wildman–Crippen MR) is 96.1 cm³/mol. The summed E-state index contributed by atoms with van der Waals surface area (Å²) in [4.78, 5) is 22.7. The molecule has 0 saturated carbocycles. The van der Waals surface area contributed by atoms with Gasteiger partial charge in [-0.3, -0.25) is 9.59 Å². The summed E-state index contributed by atoms with van der Waals surface area (Å²) in [5.74, 6) is -2.34. The van der Waals surface area contributed by atoms with Gasteiger partial charge in [-0.2, -0.15) is 13.2 Å². The number of rotatable bonds is 5. The molecule has 0 radical (unpaired) electrons. The number of alkyl halides is 3. The molecule has 2 aromatic rings. The van der Waals surface area contributed by atoms with E-state index in [-0.39, 0.29) is 12.5 Å². The van der Waals surface area contributed by atoms with Gasteiger partial charge in [0.15, 0.2) is 0 Å². The van der Waals surface area contributed by atoms with E-state index in [4.69, 9.17) is 0 Å². The van der Waals surface area contributed by atoms with Crippen molar-refractivity contribution in [2.45, 2.75) is 12.7 Å². The van der Waals surface area contributed by atoms with Crippen LogP contribution in [0.5, 0.6) is 0 Å². The Morgan fingerprint density at radius 1 is 1.04 bits per heavy atom. The largest absolute Gasteiger partial charge is 0.471 e. The minimum absolute atomic E-state index is 0.255. The fraction of sp³-hybridized carbons (Fsp3) is 0.111. The Hall–Kier alpha value is -2.61. The number of nitrogens with one attached hydrogen (secondary N) is 2. The Balaban J connectivity index is 1.89. The first-order valence-corrected chi connectivity index (χ1v) is 8.22. The third-order valence-corrected chi connectivity index (χ3v) is 3.97. The summed E-state index contributed by atoms with van der Waals surface area (Å²) >= 11 is 3.37. The molecule has 0 unspecified atom stereocenters. The van der Waals surface area contributed by atoms with Crippen molar-refractivity contribution >= 4 is 39.5 Å². The zero-order valence-corrected chi connectivity index (χ0v) is 14.9. The molecular weight excluding hydrogens is 413 g/mol. The van der Waals surface area contributed by atoms with Crippen LogP contribution in [0.15, 0.2) is 59.1 Å². The molecule has 2 amide bonds. The Kier molecular flexibility index (Phi) is 6.57. The third kappa shape index (κ3) is 6.03. The Bertz CT molecular complexity index is 818. The smallest absolute Gasteiger partial charge is 0.344 e. The summed E-state index contributed by atoms with van der Waals surface area (Å²) in [5, 5.41) is 4.42. The van der Waals surface area contributed by atoms with E-state index in [0.29, 0.717) is 11.3 Å². The lowest BCUT2D eigenvalue weighted by Crippen LogP contribution is -2.36. The average molecular weight is 427 g/mol. The number of anilines is 1. The molecule has 26 heavy (non-hydrogen) atoms. The molecule has 0 atom stereocenters. The van der Waals surface area contributed by atoms with Crippen molar-refractivity contribution in [2.75, 3.05) is 5.32 Å². The van der Waals surface area contributed by atoms with E-state index >= 15 is 0 Å². The van der Waals surface area contributed by atoms with Gasteiger partial charge in [0.1, 0.15) is 0 Å². The highest BCUT2D eigenvalue weighted by Gasteiger charge is 2.38. The van der Waals surface area contributed by atoms with Gasteiger partial charge in [-0.15, -0.1) is 0 Å². The van der Waals surface area contributed by atoms with Gasteiger partial charge >= 0.3 is 12.1 Å². The lowest BCUT2D eigenvalue weighted by Gasteiger charge is -2.08. The van der Waals surface area contributed by atoms with Crippen molar-refractivity contribution < 1.29 is 22.8 Å². The number of carbonyl (C=O) groups excluding carboxylic acids is 2. The zero-order valence-electron chi connectivity index (χ0n) is 13.3. The summed E-state index contributed by atoms with van der Waals surface area (Å²) in [5.41, 5.74) is 1.81. The fourth-order valence-corrected chi connectivity index (χ4v) is 2.37. The number of benzene rings is 2. The summed E-state index contributed by atoms with van der Waals surface area (Å²) in [7, 11) is 0. The SMILES string of the molecule is O=C(/C=C/c1ccccc1Br)Nc1ccc(CNC(=O)C(F)(F)F)cc1. The van der Waals surface area contributed by atoms with Crippen LogP contribution in [0.1, 0.15) is 11.1 Å². The van der Waals surface area contributed by atoms with Gasteiger partial charge in [0.25, 0.3) is 0 Å². The molecule has 0 heterocycles. The quantitative estimate of drug-likeness (QED) is 0.701. The van der Waals surface area contributed by atoms with E-state index in [0.717, 1.165) is 10.0 Å². The molecule has 4 nitrogen and oxygen atoms in total. The predicted octanol–water partition coefficient (Wildman–Crippen LogP) is 4.28. The molecule has 0 aliphatic heterocycles. The highest BCUT2D eigenvalue weighted by Crippen LogP contribution is 2.18. The van der Waals surface area contributed by atoms with E-state index in [9.17, 15) is 22.8 Å². The summed E-state index contributed by atoms with van der Waals surface area (Å²) < 4.78 is 37.2. The standard InChI is InChI=1S/C18H14BrF3N2O2/c19-15-4-2-1-3-13(15)7-10-16(25)24-14-8-5-12(6-9-14)11-23-17(26)18(20,21)22/h1-10H,11H2,(H,23,26)(H,24,25)/b10-7+. The van der Waals surface area contributed by atoms with Gasteiger partial charge in [0, 0.05) is 22.8 Å². The van der Waals surface area contributed by atoms with Gasteiger partial charge in [-0.05, 0) is 35.4 Å². The van der Waals surface area contributed by atoms with E-state index in [1.807, 2.05) is 24.3 Å². The molecule has 0 fully saturated rings. The lowest BCUT2D eigenvalue weighted by molar-refractivity contribution is -0.173. The van der Waals surface area contributed by atoms with E-state index in [1.54, 1.807) is 23.5 Å². The number of hydrogen-bond acceptors (Lipinski definition) is 2. The maximum atomic E-state index is 12.1. The highest BCUT2D eigenvalue weighted by molar-refractivity contribution is 9.10. The van der Waals surface area contributed by atoms with Crippen LogP contribution in [-0.2, 0) is 16.1 Å². The van der Waals surface area contributed by atoms with Crippen LogP contribution in [-0.4, -0.2) is 18.0 Å². The first-order valence-electron chi connectivity index (χ1n) is 7.43. The molecule has 2 rings (SSSR count). The van der Waals surface area contributed by atoms with Crippen molar-refractivity contribution in [1.82, 2.24) is 5.32 Å². The fourth-order valence-electron chi connectivity index (χ4n) is 1.95. The van der Waals surface area contributed by atoms with Crippen LogP contribution in [0.25, 0.3) is 6.08 Å². The van der Waals surface area contributed by atoms with E-state index in [2.05, 4.69) is 21.2 Å². The van der Waals surface area contributed by atoms with Crippen LogP contribution in [0, 0.1) is 0 Å². The van der Waals surface area contributed by atoms with Gasteiger partial charge < -0.3 is 10.6 Å². The first-order chi connectivity index (χ1) is 12.3. The molecule has 0 aromatic heterocycles. The molecule has 136 valence electrons. The van der Waals surface area contributed by atoms with Crippen molar-refractivity contribution in [3.05, 3.63) is 70.2 Å². The topological polar surface area (TPSA) is 58.2 Å². The van der Waals surface area contributed by atoms with Crippen LogP contribution < -0.4 is 10.6 Å². The van der Waals surface area contributed by atoms with Gasteiger partial charge in [0.05, 0.1) is 0 Å². The van der Waals surface area contributed by atoms with Gasteiger partial charge in [-0.25, -0.2) is 0 Å². The van der Waals surface area contributed by atoms with Crippen LogP contribution in [0.4, 0.5) is 18.9 Å². The van der Waals surface area contributed by atoms with Crippen LogP contribution in [0.2, 0.25) is 0 Å². The normalized spacial score (nSPS) is 11.4. The average Bonchev–Trinajstić information content (AvgIpc) is 2.59. The Morgan fingerprint density at radius 3 is 2.31 bits per heavy atom. The molecule has 2 aromatic carbocycles. The molecule has 8 heteroatoms. The summed E-state index contributed by atoms with van der Waals surface area (Å²) in [6.07, 6.45) is -1.88. The second-order valence-corrected chi connectivity index (χ2v) is 6.08. The molecule has 0 saturated heterocycles. The van der Waals surface area contributed by atoms with Crippen LogP contribution >= 0.6 is 15.9 Å². The number of carbonyl (C=O) groups is 2. The van der Waals surface area contributed by atoms with Crippen LogP contribution in [0.3, 0.4) is 0 Å². The Morgan fingerprint density at radius 2 is 1.69 bits per heavy atom. The minimum Gasteiger partial charge on any atom is -0.344 e. The van der Waals surface area contributed by atoms with Crippen molar-refractivity contribution in [3.8, 4) is 0 Å². The summed E-state index contributed by atoms with van der Waals surface area (Å²) in [6.45, 7) is -0.255. The van der Waals surface area contributed by atoms with E-state index < -0.39 is 12.1 Å². The first kappa shape index (κ1) is 19.7. The second-order valence-electron chi connectivity index (χ2n) is 5.22. The maximum absolute atomic E-state index is 12.1. The number of halogens is 4. The monoisotopic (exact) mass is 426 g/mol. The lowest BCUT2D eigenvalue weighted by atomic mass is 10.2.